The third-order valence-corrected chi connectivity index (χ3v) is 2.53. The molecule has 1 N–H and O–H groups in total. The lowest BCUT2D eigenvalue weighted by molar-refractivity contribution is -0.385. The average molecular weight is 292 g/mol. The first-order valence-electron chi connectivity index (χ1n) is 4.19. The van der Waals surface area contributed by atoms with E-state index in [1.165, 1.54) is 0 Å². The van der Waals surface area contributed by atoms with E-state index < -0.39 is 23.1 Å². The van der Waals surface area contributed by atoms with Crippen molar-refractivity contribution >= 4 is 27.6 Å². The zero-order valence-corrected chi connectivity index (χ0v) is 9.53. The molecule has 0 atom stereocenters. The highest BCUT2D eigenvalue weighted by Crippen LogP contribution is 2.24. The number of halogens is 2. The minimum absolute atomic E-state index is 0.126. The molecule has 86 valence electrons. The van der Waals surface area contributed by atoms with E-state index in [1.807, 2.05) is 0 Å². The lowest BCUT2D eigenvalue weighted by Gasteiger charge is -2.04. The van der Waals surface area contributed by atoms with E-state index in [9.17, 15) is 19.3 Å². The van der Waals surface area contributed by atoms with E-state index in [2.05, 4.69) is 15.9 Å². The van der Waals surface area contributed by atoms with Crippen molar-refractivity contribution in [3.8, 4) is 0 Å². The molecule has 0 saturated heterocycles. The Kier molecular flexibility index (Phi) is 3.94. The summed E-state index contributed by atoms with van der Waals surface area (Å²) in [6.45, 7) is 0. The molecule has 0 aliphatic rings. The molecular formula is C9H7BrFNO4. The fourth-order valence-corrected chi connectivity index (χ4v) is 1.65. The Morgan fingerprint density at radius 1 is 1.50 bits per heavy atom. The molecule has 0 fully saturated rings. The van der Waals surface area contributed by atoms with E-state index in [-0.39, 0.29) is 22.1 Å². The van der Waals surface area contributed by atoms with Crippen molar-refractivity contribution in [2.75, 3.05) is 0 Å². The molecule has 0 unspecified atom stereocenters. The molecule has 1 rings (SSSR count). The van der Waals surface area contributed by atoms with Crippen LogP contribution in [0.5, 0.6) is 0 Å². The molecule has 7 heteroatoms. The molecule has 0 saturated carbocycles. The highest BCUT2D eigenvalue weighted by molar-refractivity contribution is 9.08. The molecule has 16 heavy (non-hydrogen) atoms. The normalized spacial score (nSPS) is 10.1. The van der Waals surface area contributed by atoms with Crippen LogP contribution in [-0.4, -0.2) is 16.0 Å². The van der Waals surface area contributed by atoms with Gasteiger partial charge in [0.15, 0.2) is 0 Å². The summed E-state index contributed by atoms with van der Waals surface area (Å²) >= 11 is 2.99. The minimum Gasteiger partial charge on any atom is -0.481 e. The first-order chi connectivity index (χ1) is 7.45. The number of nitro benzene ring substituents is 1. The fraction of sp³-hybridized carbons (Fsp3) is 0.222. The van der Waals surface area contributed by atoms with Gasteiger partial charge in [0.05, 0.1) is 11.3 Å². The number of aliphatic carboxylic acids is 1. The summed E-state index contributed by atoms with van der Waals surface area (Å²) in [6, 6.07) is 1.94. The lowest BCUT2D eigenvalue weighted by atomic mass is 10.1. The second-order valence-corrected chi connectivity index (χ2v) is 3.59. The zero-order chi connectivity index (χ0) is 12.3. The van der Waals surface area contributed by atoms with Crippen LogP contribution in [0.25, 0.3) is 0 Å². The Morgan fingerprint density at radius 3 is 2.56 bits per heavy atom. The maximum atomic E-state index is 13.3. The molecule has 0 heterocycles. The first-order valence-corrected chi connectivity index (χ1v) is 5.31. The second kappa shape index (κ2) is 5.02. The van der Waals surface area contributed by atoms with Crippen LogP contribution in [0, 0.1) is 15.9 Å². The maximum Gasteiger partial charge on any atom is 0.308 e. The predicted octanol–water partition coefficient (Wildman–Crippen LogP) is 2.26. The van der Waals surface area contributed by atoms with Crippen molar-refractivity contribution in [1.82, 2.24) is 0 Å². The fourth-order valence-electron chi connectivity index (χ4n) is 1.22. The molecule has 0 aliphatic carbocycles. The number of hydrogen-bond donors (Lipinski definition) is 1. The second-order valence-electron chi connectivity index (χ2n) is 3.03. The largest absolute Gasteiger partial charge is 0.481 e. The van der Waals surface area contributed by atoms with Crippen molar-refractivity contribution in [2.24, 2.45) is 0 Å². The summed E-state index contributed by atoms with van der Waals surface area (Å²) in [4.78, 5) is 20.4. The molecule has 1 aromatic carbocycles. The standard InChI is InChI=1S/C9H7BrFNO4/c10-4-6-2-8(12(15)16)5(1-7(6)11)3-9(13)14/h1-2H,3-4H2,(H,13,14). The molecule has 0 spiro atoms. The van der Waals surface area contributed by atoms with Crippen molar-refractivity contribution in [2.45, 2.75) is 11.8 Å². The third-order valence-electron chi connectivity index (χ3n) is 1.93. The number of alkyl halides is 1. The van der Waals surface area contributed by atoms with Gasteiger partial charge >= 0.3 is 5.97 Å². The minimum atomic E-state index is -1.24. The van der Waals surface area contributed by atoms with E-state index >= 15 is 0 Å². The summed E-state index contributed by atoms with van der Waals surface area (Å²) < 4.78 is 13.3. The number of benzene rings is 1. The third kappa shape index (κ3) is 2.75. The van der Waals surface area contributed by atoms with Gasteiger partial charge < -0.3 is 5.11 Å². The summed E-state index contributed by atoms with van der Waals surface area (Å²) in [5, 5.41) is 19.3. The molecular weight excluding hydrogens is 285 g/mol. The Balaban J connectivity index is 3.30. The lowest BCUT2D eigenvalue weighted by Crippen LogP contribution is -2.05. The van der Waals surface area contributed by atoms with Gasteiger partial charge in [0, 0.05) is 22.5 Å². The van der Waals surface area contributed by atoms with Crippen LogP contribution in [-0.2, 0) is 16.5 Å². The number of rotatable bonds is 4. The Labute approximate surface area is 98.2 Å². The number of carboxylic acids is 1. The topological polar surface area (TPSA) is 80.4 Å². The Morgan fingerprint density at radius 2 is 2.12 bits per heavy atom. The smallest absolute Gasteiger partial charge is 0.308 e. The van der Waals surface area contributed by atoms with Gasteiger partial charge in [-0.15, -0.1) is 0 Å². The number of carbonyl (C=O) groups is 1. The van der Waals surface area contributed by atoms with Crippen LogP contribution in [0.2, 0.25) is 0 Å². The Hall–Kier alpha value is -1.50. The highest BCUT2D eigenvalue weighted by atomic mass is 79.9. The number of hydrogen-bond acceptors (Lipinski definition) is 3. The van der Waals surface area contributed by atoms with Gasteiger partial charge in [-0.1, -0.05) is 15.9 Å². The van der Waals surface area contributed by atoms with Gasteiger partial charge in [-0.3, -0.25) is 14.9 Å². The van der Waals surface area contributed by atoms with Crippen LogP contribution < -0.4 is 0 Å². The van der Waals surface area contributed by atoms with Gasteiger partial charge in [-0.2, -0.15) is 0 Å². The van der Waals surface area contributed by atoms with Gasteiger partial charge in [-0.25, -0.2) is 4.39 Å². The zero-order valence-electron chi connectivity index (χ0n) is 7.94. The first kappa shape index (κ1) is 12.6. The molecule has 5 nitrogen and oxygen atoms in total. The van der Waals surface area contributed by atoms with Crippen LogP contribution in [0.15, 0.2) is 12.1 Å². The molecule has 0 radical (unpaired) electrons. The summed E-state index contributed by atoms with van der Waals surface area (Å²) in [6.07, 6.45) is -0.574. The van der Waals surface area contributed by atoms with Crippen LogP contribution >= 0.6 is 15.9 Å². The van der Waals surface area contributed by atoms with Gasteiger partial charge in [0.2, 0.25) is 0 Å². The molecule has 0 aromatic heterocycles. The predicted molar refractivity (Wildman–Crippen MR) is 57.0 cm³/mol. The van der Waals surface area contributed by atoms with Crippen molar-refractivity contribution < 1.29 is 19.2 Å². The van der Waals surface area contributed by atoms with E-state index in [1.54, 1.807) is 0 Å². The highest BCUT2D eigenvalue weighted by Gasteiger charge is 2.19. The number of carboxylic acid groups (broad SMARTS) is 1. The Bertz CT molecular complexity index is 449. The van der Waals surface area contributed by atoms with Crippen LogP contribution in [0.4, 0.5) is 10.1 Å². The summed E-state index contributed by atoms with van der Waals surface area (Å²) in [5.41, 5.74) is -0.390. The molecule has 0 aliphatic heterocycles. The number of nitro groups is 1. The van der Waals surface area contributed by atoms with Gasteiger partial charge in [0.1, 0.15) is 5.82 Å². The quantitative estimate of drug-likeness (QED) is 0.524. The SMILES string of the molecule is O=C(O)Cc1cc(F)c(CBr)cc1[N+](=O)[O-]. The van der Waals surface area contributed by atoms with E-state index in [4.69, 9.17) is 5.11 Å². The van der Waals surface area contributed by atoms with Crippen LogP contribution in [0.3, 0.4) is 0 Å². The van der Waals surface area contributed by atoms with Crippen molar-refractivity contribution in [3.63, 3.8) is 0 Å². The summed E-state index contributed by atoms with van der Waals surface area (Å²) in [5.74, 6) is -1.90. The average Bonchev–Trinajstić information content (AvgIpc) is 2.16. The summed E-state index contributed by atoms with van der Waals surface area (Å²) in [7, 11) is 0. The maximum absolute atomic E-state index is 13.3. The number of nitrogens with zero attached hydrogens (tertiary/aromatic N) is 1. The molecule has 0 amide bonds. The van der Waals surface area contributed by atoms with E-state index in [0.29, 0.717) is 0 Å². The van der Waals surface area contributed by atoms with Crippen molar-refractivity contribution in [1.29, 1.82) is 0 Å². The van der Waals surface area contributed by atoms with Crippen molar-refractivity contribution in [3.05, 3.63) is 39.2 Å². The molecule has 1 aromatic rings. The monoisotopic (exact) mass is 291 g/mol. The van der Waals surface area contributed by atoms with Crippen LogP contribution in [0.1, 0.15) is 11.1 Å². The van der Waals surface area contributed by atoms with Gasteiger partial charge in [-0.05, 0) is 6.07 Å². The van der Waals surface area contributed by atoms with E-state index in [0.717, 1.165) is 12.1 Å². The molecule has 0 bridgehead atoms. The van der Waals surface area contributed by atoms with Gasteiger partial charge in [0.25, 0.3) is 5.69 Å².